The number of aromatic nitrogens is 1. The van der Waals surface area contributed by atoms with E-state index in [1.165, 1.54) is 11.3 Å². The van der Waals surface area contributed by atoms with E-state index in [0.29, 0.717) is 11.6 Å². The minimum atomic E-state index is -0.479. The molecule has 1 aliphatic heterocycles. The van der Waals surface area contributed by atoms with Crippen molar-refractivity contribution in [3.8, 4) is 0 Å². The number of thiazole rings is 1. The fraction of sp³-hybridized carbons (Fsp3) is 0.714. The Morgan fingerprint density at radius 1 is 1.47 bits per heavy atom. The number of carbonyl (C=O) groups is 1. The predicted octanol–water partition coefficient (Wildman–Crippen LogP) is 2.64. The first-order valence-corrected chi connectivity index (χ1v) is 7.83. The van der Waals surface area contributed by atoms with Gasteiger partial charge in [0.2, 0.25) is 0 Å². The number of hydrogen-bond donors (Lipinski definition) is 1. The average Bonchev–Trinajstić information content (AvgIpc) is 2.87. The molecule has 1 aromatic heterocycles. The van der Waals surface area contributed by atoms with Gasteiger partial charge in [-0.05, 0) is 26.2 Å². The van der Waals surface area contributed by atoms with Gasteiger partial charge < -0.3 is 10.0 Å². The number of hydrogen-bond acceptors (Lipinski definition) is 4. The van der Waals surface area contributed by atoms with Crippen LogP contribution in [0.15, 0.2) is 5.38 Å². The van der Waals surface area contributed by atoms with E-state index in [0.717, 1.165) is 30.8 Å². The third kappa shape index (κ3) is 3.15. The van der Waals surface area contributed by atoms with Crippen LogP contribution in [0.25, 0.3) is 0 Å². The van der Waals surface area contributed by atoms with Crippen LogP contribution < -0.4 is 0 Å². The molecule has 1 amide bonds. The van der Waals surface area contributed by atoms with Crippen molar-refractivity contribution < 1.29 is 9.90 Å². The summed E-state index contributed by atoms with van der Waals surface area (Å²) in [5.41, 5.74) is 0.529. The van der Waals surface area contributed by atoms with Crippen molar-refractivity contribution in [1.29, 1.82) is 0 Å². The fourth-order valence-corrected chi connectivity index (χ4v) is 3.32. The maximum absolute atomic E-state index is 12.5. The lowest BCUT2D eigenvalue weighted by molar-refractivity contribution is 0.0277. The smallest absolute Gasteiger partial charge is 0.273 e. The molecular formula is C14H22N2O2S. The summed E-state index contributed by atoms with van der Waals surface area (Å²) in [5, 5.41) is 12.7. The van der Waals surface area contributed by atoms with Crippen LogP contribution in [0.4, 0.5) is 0 Å². The molecule has 0 saturated carbocycles. The van der Waals surface area contributed by atoms with Crippen LogP contribution in [0.2, 0.25) is 0 Å². The van der Waals surface area contributed by atoms with Gasteiger partial charge in [-0.15, -0.1) is 11.3 Å². The number of nitrogens with zero attached hydrogens (tertiary/aromatic N) is 2. The molecule has 19 heavy (non-hydrogen) atoms. The Morgan fingerprint density at radius 3 is 2.79 bits per heavy atom. The van der Waals surface area contributed by atoms with Gasteiger partial charge in [-0.1, -0.05) is 13.8 Å². The van der Waals surface area contributed by atoms with E-state index in [9.17, 15) is 9.90 Å². The van der Waals surface area contributed by atoms with E-state index >= 15 is 0 Å². The van der Waals surface area contributed by atoms with E-state index in [1.54, 1.807) is 11.8 Å². The van der Waals surface area contributed by atoms with Gasteiger partial charge in [-0.25, -0.2) is 4.98 Å². The summed E-state index contributed by atoms with van der Waals surface area (Å²) in [7, 11) is 0. The van der Waals surface area contributed by atoms with Crippen molar-refractivity contribution in [2.24, 2.45) is 0 Å². The van der Waals surface area contributed by atoms with Gasteiger partial charge >= 0.3 is 0 Å². The minimum Gasteiger partial charge on any atom is -0.391 e. The summed E-state index contributed by atoms with van der Waals surface area (Å²) in [6.45, 7) is 6.64. The average molecular weight is 282 g/mol. The minimum absolute atomic E-state index is 0.0336. The number of rotatable bonds is 3. The molecule has 2 unspecified atom stereocenters. The lowest BCUT2D eigenvalue weighted by Crippen LogP contribution is -2.49. The molecule has 1 aliphatic rings. The number of likely N-dealkylation sites (tertiary alicyclic amines) is 1. The highest BCUT2D eigenvalue weighted by atomic mass is 32.1. The van der Waals surface area contributed by atoms with Crippen LogP contribution in [0.5, 0.6) is 0 Å². The van der Waals surface area contributed by atoms with Gasteiger partial charge in [-0.2, -0.15) is 0 Å². The number of piperidine rings is 1. The second-order valence-corrected chi connectivity index (χ2v) is 6.42. The van der Waals surface area contributed by atoms with Crippen molar-refractivity contribution in [2.45, 2.75) is 58.1 Å². The molecule has 2 rings (SSSR count). The molecule has 1 aromatic rings. The molecule has 0 bridgehead atoms. The molecule has 2 heterocycles. The van der Waals surface area contributed by atoms with E-state index < -0.39 is 6.10 Å². The standard InChI is InChI=1S/C14H22N2O2S/c1-9(2)13-15-11(8-19-13)14(18)16-7-5-4-6-12(16)10(3)17/h8-10,12,17H,4-7H2,1-3H3. The third-order valence-electron chi connectivity index (χ3n) is 3.60. The summed E-state index contributed by atoms with van der Waals surface area (Å²) in [4.78, 5) is 18.7. The van der Waals surface area contributed by atoms with Gasteiger partial charge in [0, 0.05) is 17.8 Å². The van der Waals surface area contributed by atoms with Crippen LogP contribution in [0.3, 0.4) is 0 Å². The summed E-state index contributed by atoms with van der Waals surface area (Å²) in [6.07, 6.45) is 2.49. The first-order valence-electron chi connectivity index (χ1n) is 6.95. The second kappa shape index (κ2) is 6.01. The summed E-state index contributed by atoms with van der Waals surface area (Å²) >= 11 is 1.54. The van der Waals surface area contributed by atoms with Gasteiger partial charge in [0.15, 0.2) is 0 Å². The number of aliphatic hydroxyl groups excluding tert-OH is 1. The summed E-state index contributed by atoms with van der Waals surface area (Å²) in [6, 6.07) is -0.0644. The van der Waals surface area contributed by atoms with Crippen molar-refractivity contribution in [1.82, 2.24) is 9.88 Å². The van der Waals surface area contributed by atoms with Crippen LogP contribution >= 0.6 is 11.3 Å². The molecule has 1 saturated heterocycles. The molecule has 1 fully saturated rings. The lowest BCUT2D eigenvalue weighted by Gasteiger charge is -2.37. The topological polar surface area (TPSA) is 53.4 Å². The van der Waals surface area contributed by atoms with Crippen LogP contribution in [-0.2, 0) is 0 Å². The van der Waals surface area contributed by atoms with E-state index in [2.05, 4.69) is 18.8 Å². The second-order valence-electron chi connectivity index (χ2n) is 5.53. The van der Waals surface area contributed by atoms with Gasteiger partial charge in [0.25, 0.3) is 5.91 Å². The summed E-state index contributed by atoms with van der Waals surface area (Å²) < 4.78 is 0. The van der Waals surface area contributed by atoms with Gasteiger partial charge in [0.05, 0.1) is 17.2 Å². The molecule has 4 nitrogen and oxygen atoms in total. The Kier molecular flexibility index (Phi) is 4.58. The van der Waals surface area contributed by atoms with E-state index in [4.69, 9.17) is 0 Å². The molecule has 0 aliphatic carbocycles. The summed E-state index contributed by atoms with van der Waals surface area (Å²) in [5.74, 6) is 0.314. The molecular weight excluding hydrogens is 260 g/mol. The van der Waals surface area contributed by atoms with E-state index in [-0.39, 0.29) is 11.9 Å². The Bertz CT molecular complexity index is 442. The highest BCUT2D eigenvalue weighted by Gasteiger charge is 2.31. The molecule has 1 N–H and O–H groups in total. The number of aliphatic hydroxyl groups is 1. The molecule has 0 radical (unpaired) electrons. The van der Waals surface area contributed by atoms with Crippen molar-refractivity contribution in [3.05, 3.63) is 16.1 Å². The largest absolute Gasteiger partial charge is 0.391 e. The molecule has 5 heteroatoms. The van der Waals surface area contributed by atoms with Crippen LogP contribution in [0.1, 0.15) is 61.4 Å². The monoisotopic (exact) mass is 282 g/mol. The van der Waals surface area contributed by atoms with Gasteiger partial charge in [-0.3, -0.25) is 4.79 Å². The fourth-order valence-electron chi connectivity index (χ4n) is 2.51. The molecule has 0 aromatic carbocycles. The first kappa shape index (κ1) is 14.5. The maximum Gasteiger partial charge on any atom is 0.273 e. The van der Waals surface area contributed by atoms with Crippen molar-refractivity contribution in [2.75, 3.05) is 6.54 Å². The van der Waals surface area contributed by atoms with Gasteiger partial charge in [0.1, 0.15) is 5.69 Å². The van der Waals surface area contributed by atoms with Crippen LogP contribution in [-0.4, -0.2) is 39.6 Å². The highest BCUT2D eigenvalue weighted by molar-refractivity contribution is 7.09. The van der Waals surface area contributed by atoms with Crippen LogP contribution in [0, 0.1) is 0 Å². The van der Waals surface area contributed by atoms with Crippen molar-refractivity contribution in [3.63, 3.8) is 0 Å². The Balaban J connectivity index is 2.16. The lowest BCUT2D eigenvalue weighted by atomic mass is 9.98. The quantitative estimate of drug-likeness (QED) is 0.927. The molecule has 106 valence electrons. The normalized spacial score (nSPS) is 21.7. The first-order chi connectivity index (χ1) is 9.00. The van der Waals surface area contributed by atoms with E-state index in [1.807, 2.05) is 5.38 Å². The third-order valence-corrected chi connectivity index (χ3v) is 4.75. The number of carbonyl (C=O) groups excluding carboxylic acids is 1. The Hall–Kier alpha value is -0.940. The highest BCUT2D eigenvalue weighted by Crippen LogP contribution is 2.24. The van der Waals surface area contributed by atoms with Crippen molar-refractivity contribution >= 4 is 17.2 Å². The SMILES string of the molecule is CC(C)c1nc(C(=O)N2CCCCC2C(C)O)cs1. The zero-order valence-electron chi connectivity index (χ0n) is 11.8. The Morgan fingerprint density at radius 2 is 2.21 bits per heavy atom. The molecule has 0 spiro atoms. The number of amides is 1. The molecule has 2 atom stereocenters. The Labute approximate surface area is 118 Å². The zero-order valence-corrected chi connectivity index (χ0v) is 12.6. The maximum atomic E-state index is 12.5. The predicted molar refractivity (Wildman–Crippen MR) is 76.6 cm³/mol. The zero-order chi connectivity index (χ0) is 14.0.